The van der Waals surface area contributed by atoms with E-state index in [9.17, 15) is 0 Å². The van der Waals surface area contributed by atoms with Crippen molar-refractivity contribution in [1.82, 2.24) is 0 Å². The fourth-order valence-electron chi connectivity index (χ4n) is 1.59. The summed E-state index contributed by atoms with van der Waals surface area (Å²) in [4.78, 5) is 0. The van der Waals surface area contributed by atoms with Gasteiger partial charge in [-0.25, -0.2) is 0 Å². The van der Waals surface area contributed by atoms with Crippen LogP contribution in [0.25, 0.3) is 0 Å². The molecule has 0 aliphatic heterocycles. The van der Waals surface area contributed by atoms with Gasteiger partial charge in [0.15, 0.2) is 0 Å². The summed E-state index contributed by atoms with van der Waals surface area (Å²) in [6.07, 6.45) is 0.828. The number of hydrogen-bond acceptors (Lipinski definition) is 4. The van der Waals surface area contributed by atoms with Crippen molar-refractivity contribution in [3.8, 4) is 0 Å². The lowest BCUT2D eigenvalue weighted by molar-refractivity contribution is 0.0938. The molecule has 4 nitrogen and oxygen atoms in total. The molecular weight excluding hydrogens is 186 g/mol. The molecule has 0 radical (unpaired) electrons. The van der Waals surface area contributed by atoms with Crippen LogP contribution in [0.5, 0.6) is 0 Å². The Kier molecular flexibility index (Phi) is 5.09. The lowest BCUT2D eigenvalue weighted by atomic mass is 10.1. The predicted octanol–water partition coefficient (Wildman–Crippen LogP) is 0.993. The lowest BCUT2D eigenvalue weighted by Crippen LogP contribution is -2.52. The second kappa shape index (κ2) is 5.07. The van der Waals surface area contributed by atoms with Gasteiger partial charge in [-0.15, -0.1) is 0 Å². The van der Waals surface area contributed by atoms with Gasteiger partial charge in [-0.3, -0.25) is 0 Å². The molecule has 2 N–H and O–H groups in total. The zero-order valence-electron chi connectivity index (χ0n) is 9.22. The maximum Gasteiger partial charge on any atom is 0.506 e. The molecule has 0 fully saturated rings. The fraction of sp³-hybridized carbons (Fsp3) is 1.00. The highest BCUT2D eigenvalue weighted by molar-refractivity contribution is 6.64. The Morgan fingerprint density at radius 2 is 1.46 bits per heavy atom. The van der Waals surface area contributed by atoms with Crippen LogP contribution in [-0.2, 0) is 13.3 Å². The molecule has 80 valence electrons. The molecule has 13 heavy (non-hydrogen) atoms. The van der Waals surface area contributed by atoms with Gasteiger partial charge in [0, 0.05) is 26.4 Å². The minimum atomic E-state index is -2.55. The highest BCUT2D eigenvalue weighted by Crippen LogP contribution is 2.40. The van der Waals surface area contributed by atoms with Crippen LogP contribution in [0.3, 0.4) is 0 Å². The summed E-state index contributed by atoms with van der Waals surface area (Å²) in [6, 6.07) is 0. The Morgan fingerprint density at radius 1 is 1.08 bits per heavy atom. The summed E-state index contributed by atoms with van der Waals surface area (Å²) < 4.78 is 16.2. The van der Waals surface area contributed by atoms with Crippen molar-refractivity contribution in [2.75, 3.05) is 27.9 Å². The van der Waals surface area contributed by atoms with Gasteiger partial charge in [-0.05, 0) is 13.0 Å². The minimum absolute atomic E-state index is 0.139. The third kappa shape index (κ3) is 2.51. The Morgan fingerprint density at radius 3 is 1.69 bits per heavy atom. The van der Waals surface area contributed by atoms with Gasteiger partial charge in [0.2, 0.25) is 0 Å². The summed E-state index contributed by atoms with van der Waals surface area (Å²) in [5.74, 6) is 0. The zero-order chi connectivity index (χ0) is 10.5. The van der Waals surface area contributed by atoms with Crippen molar-refractivity contribution in [2.24, 2.45) is 5.73 Å². The van der Waals surface area contributed by atoms with E-state index in [1.165, 1.54) is 0 Å². The molecule has 0 heterocycles. The molecule has 0 amide bonds. The highest BCUT2D eigenvalue weighted by atomic mass is 28.4. The van der Waals surface area contributed by atoms with E-state index in [-0.39, 0.29) is 5.04 Å². The van der Waals surface area contributed by atoms with Crippen molar-refractivity contribution < 1.29 is 13.3 Å². The van der Waals surface area contributed by atoms with Crippen LogP contribution in [-0.4, -0.2) is 36.7 Å². The van der Waals surface area contributed by atoms with Crippen LogP contribution in [0.4, 0.5) is 0 Å². The van der Waals surface area contributed by atoms with Crippen LogP contribution in [0.2, 0.25) is 5.04 Å². The van der Waals surface area contributed by atoms with E-state index in [4.69, 9.17) is 19.0 Å². The molecule has 0 rings (SSSR count). The lowest BCUT2D eigenvalue weighted by Gasteiger charge is -2.38. The van der Waals surface area contributed by atoms with Crippen LogP contribution < -0.4 is 5.73 Å². The third-order valence-electron chi connectivity index (χ3n) is 2.40. The Hall–Kier alpha value is 0.0569. The van der Waals surface area contributed by atoms with Crippen LogP contribution in [0.15, 0.2) is 0 Å². The molecule has 0 unspecified atom stereocenters. The third-order valence-corrected chi connectivity index (χ3v) is 5.92. The largest absolute Gasteiger partial charge is 0.506 e. The molecule has 0 aliphatic carbocycles. The number of nitrogens with two attached hydrogens (primary N) is 1. The van der Waals surface area contributed by atoms with Gasteiger partial charge in [0.1, 0.15) is 0 Å². The van der Waals surface area contributed by atoms with Gasteiger partial charge in [-0.2, -0.15) is 0 Å². The number of rotatable bonds is 6. The average molecular weight is 207 g/mol. The van der Waals surface area contributed by atoms with Gasteiger partial charge in [0.25, 0.3) is 0 Å². The molecule has 0 aromatic heterocycles. The molecule has 0 aromatic rings. The Bertz CT molecular complexity index is 140. The second-order valence-corrected chi connectivity index (χ2v) is 7.28. The summed E-state index contributed by atoms with van der Waals surface area (Å²) in [7, 11) is 2.32. The first-order chi connectivity index (χ1) is 5.99. The van der Waals surface area contributed by atoms with Gasteiger partial charge in [-0.1, -0.05) is 13.8 Å². The molecule has 0 aliphatic rings. The predicted molar refractivity (Wildman–Crippen MR) is 54.5 cm³/mol. The molecule has 0 aromatic carbocycles. The smallest absolute Gasteiger partial charge is 0.377 e. The van der Waals surface area contributed by atoms with Crippen molar-refractivity contribution in [1.29, 1.82) is 0 Å². The summed E-state index contributed by atoms with van der Waals surface area (Å²) >= 11 is 0. The first-order valence-corrected chi connectivity index (χ1v) is 6.07. The number of hydrogen-bond donors (Lipinski definition) is 1. The van der Waals surface area contributed by atoms with E-state index in [1.54, 1.807) is 21.3 Å². The first-order valence-electron chi connectivity index (χ1n) is 4.35. The molecular formula is C8H21NO3Si. The summed E-state index contributed by atoms with van der Waals surface area (Å²) in [5.41, 5.74) is 5.53. The zero-order valence-corrected chi connectivity index (χ0v) is 10.2. The van der Waals surface area contributed by atoms with Crippen molar-refractivity contribution in [3.05, 3.63) is 0 Å². The monoisotopic (exact) mass is 207 g/mol. The Balaban J connectivity index is 4.68. The molecule has 0 saturated carbocycles. The fourth-order valence-corrected chi connectivity index (χ4v) is 4.20. The minimum Gasteiger partial charge on any atom is -0.377 e. The molecule has 0 spiro atoms. The highest BCUT2D eigenvalue weighted by Gasteiger charge is 2.53. The van der Waals surface area contributed by atoms with Crippen molar-refractivity contribution >= 4 is 8.80 Å². The SMILES string of the molecule is CO[Si](OC)(OC)C(C)(C)CCN. The van der Waals surface area contributed by atoms with Crippen molar-refractivity contribution in [2.45, 2.75) is 25.3 Å². The standard InChI is InChI=1S/C8H21NO3Si/c1-8(2,6-7-9)13(10-3,11-4)12-5/h6-7,9H2,1-5H3. The topological polar surface area (TPSA) is 53.7 Å². The van der Waals surface area contributed by atoms with E-state index in [1.807, 2.05) is 0 Å². The first kappa shape index (κ1) is 13.1. The van der Waals surface area contributed by atoms with Gasteiger partial charge >= 0.3 is 8.80 Å². The summed E-state index contributed by atoms with van der Waals surface area (Å²) in [6.45, 7) is 4.73. The van der Waals surface area contributed by atoms with Gasteiger partial charge in [0.05, 0.1) is 0 Å². The molecule has 0 bridgehead atoms. The maximum atomic E-state index is 5.53. The average Bonchev–Trinajstić information content (AvgIpc) is 2.07. The molecule has 0 saturated heterocycles. The second-order valence-electron chi connectivity index (χ2n) is 3.59. The molecule has 0 atom stereocenters. The normalized spacial score (nSPS) is 13.4. The van der Waals surface area contributed by atoms with Crippen LogP contribution in [0, 0.1) is 0 Å². The maximum absolute atomic E-state index is 5.53. The van der Waals surface area contributed by atoms with Crippen LogP contribution in [0.1, 0.15) is 20.3 Å². The van der Waals surface area contributed by atoms with E-state index in [2.05, 4.69) is 13.8 Å². The van der Waals surface area contributed by atoms with E-state index in [0.717, 1.165) is 6.42 Å². The molecule has 5 heteroatoms. The van der Waals surface area contributed by atoms with E-state index in [0.29, 0.717) is 6.54 Å². The van der Waals surface area contributed by atoms with E-state index < -0.39 is 8.80 Å². The van der Waals surface area contributed by atoms with Crippen LogP contribution >= 0.6 is 0 Å². The van der Waals surface area contributed by atoms with E-state index >= 15 is 0 Å². The quantitative estimate of drug-likeness (QED) is 0.660. The summed E-state index contributed by atoms with van der Waals surface area (Å²) in [5, 5.41) is -0.139. The van der Waals surface area contributed by atoms with Gasteiger partial charge < -0.3 is 19.0 Å². The Labute approximate surface area is 81.7 Å². The van der Waals surface area contributed by atoms with Crippen molar-refractivity contribution in [3.63, 3.8) is 0 Å².